The Morgan fingerprint density at radius 1 is 1.53 bits per heavy atom. The fraction of sp³-hybridized carbons (Fsp3) is 0.500. The van der Waals surface area contributed by atoms with Crippen LogP contribution in [-0.4, -0.2) is 19.3 Å². The van der Waals surface area contributed by atoms with Crippen LogP contribution in [0.25, 0.3) is 0 Å². The van der Waals surface area contributed by atoms with Gasteiger partial charge in [0.2, 0.25) is 0 Å². The Balaban J connectivity index is 1.90. The van der Waals surface area contributed by atoms with Crippen molar-refractivity contribution in [1.29, 1.82) is 0 Å². The lowest BCUT2D eigenvalue weighted by Gasteiger charge is -2.12. The molecule has 1 fully saturated rings. The van der Waals surface area contributed by atoms with E-state index in [1.54, 1.807) is 0 Å². The average Bonchev–Trinajstić information content (AvgIpc) is 2.73. The van der Waals surface area contributed by atoms with Crippen LogP contribution in [0, 0.1) is 10.5 Å². The van der Waals surface area contributed by atoms with Gasteiger partial charge in [-0.2, -0.15) is 0 Å². The molecule has 82 valence electrons. The van der Waals surface area contributed by atoms with E-state index >= 15 is 0 Å². The highest BCUT2D eigenvalue weighted by atomic mass is 127. The van der Waals surface area contributed by atoms with E-state index in [0.717, 1.165) is 13.2 Å². The third-order valence-electron chi connectivity index (χ3n) is 2.73. The fourth-order valence-corrected chi connectivity index (χ4v) is 2.26. The van der Waals surface area contributed by atoms with E-state index in [9.17, 15) is 0 Å². The molecular weight excluding hydrogens is 301 g/mol. The van der Waals surface area contributed by atoms with Gasteiger partial charge in [0.15, 0.2) is 0 Å². The first-order valence-electron chi connectivity index (χ1n) is 5.37. The number of hydrogen-bond donors (Lipinski definition) is 1. The molecule has 1 aliphatic rings. The van der Waals surface area contributed by atoms with E-state index in [1.807, 2.05) is 0 Å². The van der Waals surface area contributed by atoms with Gasteiger partial charge < -0.3 is 10.1 Å². The Hall–Kier alpha value is -0.290. The number of halogens is 1. The summed E-state index contributed by atoms with van der Waals surface area (Å²) in [6.07, 6.45) is 2.80. The van der Waals surface area contributed by atoms with Crippen molar-refractivity contribution in [3.63, 3.8) is 0 Å². The zero-order chi connectivity index (χ0) is 10.7. The highest BCUT2D eigenvalue weighted by Crippen LogP contribution is 2.18. The molecule has 1 N–H and O–H groups in total. The minimum Gasteiger partial charge on any atom is -0.382 e. The van der Waals surface area contributed by atoms with Crippen LogP contribution in [0.2, 0.25) is 0 Å². The zero-order valence-corrected chi connectivity index (χ0v) is 11.1. The highest BCUT2D eigenvalue weighted by Gasteiger charge is 2.14. The molecule has 2 nitrogen and oxygen atoms in total. The number of rotatable bonds is 3. The SMILES string of the molecule is Cc1ccc(NCC2CCCO2)cc1I. The highest BCUT2D eigenvalue weighted by molar-refractivity contribution is 14.1. The monoisotopic (exact) mass is 317 g/mol. The van der Waals surface area contributed by atoms with E-state index in [0.29, 0.717) is 6.10 Å². The van der Waals surface area contributed by atoms with Crippen molar-refractivity contribution >= 4 is 28.3 Å². The van der Waals surface area contributed by atoms with Gasteiger partial charge in [0.1, 0.15) is 0 Å². The smallest absolute Gasteiger partial charge is 0.0748 e. The molecule has 0 saturated carbocycles. The topological polar surface area (TPSA) is 21.3 Å². The first-order valence-corrected chi connectivity index (χ1v) is 6.45. The van der Waals surface area contributed by atoms with Crippen LogP contribution < -0.4 is 5.32 Å². The number of ether oxygens (including phenoxy) is 1. The Labute approximate surface area is 105 Å². The lowest BCUT2D eigenvalue weighted by atomic mass is 10.2. The number of benzene rings is 1. The third kappa shape index (κ3) is 3.08. The van der Waals surface area contributed by atoms with Gasteiger partial charge in [0.05, 0.1) is 6.10 Å². The summed E-state index contributed by atoms with van der Waals surface area (Å²) in [7, 11) is 0. The Morgan fingerprint density at radius 2 is 2.40 bits per heavy atom. The van der Waals surface area contributed by atoms with Gasteiger partial charge in [-0.05, 0) is 60.1 Å². The van der Waals surface area contributed by atoms with Gasteiger partial charge >= 0.3 is 0 Å². The molecule has 1 aliphatic heterocycles. The molecule has 1 heterocycles. The first-order chi connectivity index (χ1) is 7.25. The second kappa shape index (κ2) is 5.16. The fourth-order valence-electron chi connectivity index (χ4n) is 1.74. The predicted molar refractivity (Wildman–Crippen MR) is 71.4 cm³/mol. The molecule has 1 unspecified atom stereocenters. The number of nitrogens with one attached hydrogen (secondary N) is 1. The summed E-state index contributed by atoms with van der Waals surface area (Å²) >= 11 is 2.37. The molecule has 0 aliphatic carbocycles. The van der Waals surface area contributed by atoms with Gasteiger partial charge in [0, 0.05) is 22.4 Å². The lowest BCUT2D eigenvalue weighted by molar-refractivity contribution is 0.120. The summed E-state index contributed by atoms with van der Waals surface area (Å²) in [6.45, 7) is 3.99. The van der Waals surface area contributed by atoms with Gasteiger partial charge in [-0.3, -0.25) is 0 Å². The second-order valence-corrected chi connectivity index (χ2v) is 5.14. The standard InChI is InChI=1S/C12H16INO/c1-9-4-5-10(7-12(9)13)14-8-11-3-2-6-15-11/h4-5,7,11,14H,2-3,6,8H2,1H3. The quantitative estimate of drug-likeness (QED) is 0.865. The molecule has 0 radical (unpaired) electrons. The molecular formula is C12H16INO. The molecule has 3 heteroatoms. The summed E-state index contributed by atoms with van der Waals surface area (Å²) in [5.74, 6) is 0. The molecule has 0 aromatic heterocycles. The number of aryl methyl sites for hydroxylation is 1. The van der Waals surface area contributed by atoms with Crippen LogP contribution in [0.15, 0.2) is 18.2 Å². The van der Waals surface area contributed by atoms with Gasteiger partial charge in [-0.1, -0.05) is 6.07 Å². The molecule has 1 atom stereocenters. The average molecular weight is 317 g/mol. The van der Waals surface area contributed by atoms with Gasteiger partial charge in [0.25, 0.3) is 0 Å². The van der Waals surface area contributed by atoms with Crippen LogP contribution in [0.4, 0.5) is 5.69 Å². The third-order valence-corrected chi connectivity index (χ3v) is 3.89. The van der Waals surface area contributed by atoms with Crippen molar-refractivity contribution in [2.75, 3.05) is 18.5 Å². The summed E-state index contributed by atoms with van der Waals surface area (Å²) in [5.41, 5.74) is 2.53. The molecule has 0 spiro atoms. The summed E-state index contributed by atoms with van der Waals surface area (Å²) in [5, 5.41) is 3.42. The van der Waals surface area contributed by atoms with Gasteiger partial charge in [-0.25, -0.2) is 0 Å². The summed E-state index contributed by atoms with van der Waals surface area (Å²) in [4.78, 5) is 0. The normalized spacial score (nSPS) is 20.5. The van der Waals surface area contributed by atoms with Crippen LogP contribution in [0.3, 0.4) is 0 Å². The molecule has 2 rings (SSSR count). The van der Waals surface area contributed by atoms with Crippen molar-refractivity contribution in [2.45, 2.75) is 25.9 Å². The zero-order valence-electron chi connectivity index (χ0n) is 8.92. The van der Waals surface area contributed by atoms with E-state index in [2.05, 4.69) is 53.0 Å². The summed E-state index contributed by atoms with van der Waals surface area (Å²) < 4.78 is 6.87. The van der Waals surface area contributed by atoms with Crippen molar-refractivity contribution in [1.82, 2.24) is 0 Å². The Kier molecular flexibility index (Phi) is 3.86. The largest absolute Gasteiger partial charge is 0.382 e. The van der Waals surface area contributed by atoms with Crippen LogP contribution >= 0.6 is 22.6 Å². The molecule has 1 aromatic carbocycles. The summed E-state index contributed by atoms with van der Waals surface area (Å²) in [6, 6.07) is 6.47. The molecule has 0 amide bonds. The molecule has 15 heavy (non-hydrogen) atoms. The van der Waals surface area contributed by atoms with Crippen LogP contribution in [-0.2, 0) is 4.74 Å². The molecule has 0 bridgehead atoms. The van der Waals surface area contributed by atoms with Crippen LogP contribution in [0.5, 0.6) is 0 Å². The van der Waals surface area contributed by atoms with Crippen molar-refractivity contribution < 1.29 is 4.74 Å². The van der Waals surface area contributed by atoms with Crippen LogP contribution in [0.1, 0.15) is 18.4 Å². The second-order valence-electron chi connectivity index (χ2n) is 3.98. The maximum Gasteiger partial charge on any atom is 0.0748 e. The van der Waals surface area contributed by atoms with Crippen molar-refractivity contribution in [3.8, 4) is 0 Å². The first kappa shape index (κ1) is 11.2. The maximum absolute atomic E-state index is 5.56. The van der Waals surface area contributed by atoms with Gasteiger partial charge in [-0.15, -0.1) is 0 Å². The Morgan fingerprint density at radius 3 is 3.07 bits per heavy atom. The van der Waals surface area contributed by atoms with E-state index in [-0.39, 0.29) is 0 Å². The van der Waals surface area contributed by atoms with E-state index in [4.69, 9.17) is 4.74 Å². The minimum atomic E-state index is 0.406. The number of anilines is 1. The maximum atomic E-state index is 5.56. The molecule has 1 aromatic rings. The van der Waals surface area contributed by atoms with E-state index in [1.165, 1.54) is 27.7 Å². The van der Waals surface area contributed by atoms with Crippen molar-refractivity contribution in [2.24, 2.45) is 0 Å². The van der Waals surface area contributed by atoms with Crippen molar-refractivity contribution in [3.05, 3.63) is 27.3 Å². The predicted octanol–water partition coefficient (Wildman–Crippen LogP) is 3.19. The lowest BCUT2D eigenvalue weighted by Crippen LogP contribution is -2.18. The Bertz CT molecular complexity index is 334. The minimum absolute atomic E-state index is 0.406. The van der Waals surface area contributed by atoms with E-state index < -0.39 is 0 Å². The number of hydrogen-bond acceptors (Lipinski definition) is 2. The molecule has 1 saturated heterocycles.